The molecule has 2 heterocycles. The Bertz CT molecular complexity index is 1350. The topological polar surface area (TPSA) is 119 Å². The molecule has 0 radical (unpaired) electrons. The molecule has 0 bridgehead atoms. The van der Waals surface area contributed by atoms with Gasteiger partial charge in [-0.3, -0.25) is 18.7 Å². The number of hydrogen-bond acceptors (Lipinski definition) is 7. The molecule has 1 amide bonds. The number of imidazole rings is 1. The van der Waals surface area contributed by atoms with Gasteiger partial charge < -0.3 is 24.1 Å². The Labute approximate surface area is 228 Å². The number of aryl methyl sites for hydroxylation is 2. The smallest absolute Gasteiger partial charge is 0.332 e. The predicted molar refractivity (Wildman–Crippen MR) is 150 cm³/mol. The molecule has 0 spiro atoms. The summed E-state index contributed by atoms with van der Waals surface area (Å²) < 4.78 is 20.5. The van der Waals surface area contributed by atoms with Crippen LogP contribution in [0.4, 0.5) is 0 Å². The molecule has 2 aromatic heterocycles. The van der Waals surface area contributed by atoms with Gasteiger partial charge in [-0.2, -0.15) is 0 Å². The minimum atomic E-state index is -0.321. The lowest BCUT2D eigenvalue weighted by Gasteiger charge is -2.14. The van der Waals surface area contributed by atoms with Crippen molar-refractivity contribution < 1.29 is 19.0 Å². The molecule has 11 nitrogen and oxygen atoms in total. The lowest BCUT2D eigenvalue weighted by atomic mass is 10.1. The van der Waals surface area contributed by atoms with Crippen molar-refractivity contribution in [3.05, 3.63) is 44.9 Å². The first-order valence-electron chi connectivity index (χ1n) is 13.5. The summed E-state index contributed by atoms with van der Waals surface area (Å²) in [6.07, 6.45) is 9.99. The van der Waals surface area contributed by atoms with Gasteiger partial charge in [-0.1, -0.05) is 38.5 Å². The molecular weight excluding hydrogens is 502 g/mol. The van der Waals surface area contributed by atoms with E-state index in [0.29, 0.717) is 47.9 Å². The molecule has 0 aliphatic rings. The predicted octanol–water partition coefficient (Wildman–Crippen LogP) is 3.29. The molecule has 0 saturated heterocycles. The van der Waals surface area contributed by atoms with E-state index in [1.165, 1.54) is 9.13 Å². The maximum atomic E-state index is 12.7. The van der Waals surface area contributed by atoms with Gasteiger partial charge in [-0.05, 0) is 30.5 Å². The van der Waals surface area contributed by atoms with Crippen LogP contribution in [0.2, 0.25) is 0 Å². The molecule has 0 aliphatic heterocycles. The first-order chi connectivity index (χ1) is 18.8. The fourth-order valence-corrected chi connectivity index (χ4v) is 4.74. The van der Waals surface area contributed by atoms with E-state index in [9.17, 15) is 14.4 Å². The minimum absolute atomic E-state index is 0.0226. The van der Waals surface area contributed by atoms with Gasteiger partial charge in [-0.15, -0.1) is 0 Å². The number of amides is 1. The molecule has 3 rings (SSSR count). The van der Waals surface area contributed by atoms with E-state index < -0.39 is 0 Å². The molecule has 1 N–H and O–H groups in total. The summed E-state index contributed by atoms with van der Waals surface area (Å²) in [6.45, 7) is 0.807. The zero-order chi connectivity index (χ0) is 28.4. The van der Waals surface area contributed by atoms with Crippen molar-refractivity contribution in [3.8, 4) is 17.2 Å². The zero-order valence-electron chi connectivity index (χ0n) is 23.7. The summed E-state index contributed by atoms with van der Waals surface area (Å²) in [5.41, 5.74) is 1.15. The third kappa shape index (κ3) is 7.42. The van der Waals surface area contributed by atoms with Gasteiger partial charge in [-0.25, -0.2) is 9.78 Å². The molecule has 39 heavy (non-hydrogen) atoms. The highest BCUT2D eigenvalue weighted by atomic mass is 16.5. The van der Waals surface area contributed by atoms with E-state index in [4.69, 9.17) is 14.2 Å². The number of fused-ring (bicyclic) bond motifs is 1. The number of carbonyl (C=O) groups is 1. The summed E-state index contributed by atoms with van der Waals surface area (Å²) in [5, 5.41) is 2.96. The van der Waals surface area contributed by atoms with Crippen LogP contribution in [-0.2, 0) is 32.0 Å². The normalized spacial score (nSPS) is 11.1. The Morgan fingerprint density at radius 3 is 2.05 bits per heavy atom. The summed E-state index contributed by atoms with van der Waals surface area (Å²) >= 11 is 0. The summed E-state index contributed by atoms with van der Waals surface area (Å²) in [4.78, 5) is 41.7. The number of methoxy groups -OCH3 is 3. The van der Waals surface area contributed by atoms with Crippen LogP contribution in [0.3, 0.4) is 0 Å². The van der Waals surface area contributed by atoms with Crippen molar-refractivity contribution in [2.24, 2.45) is 14.1 Å². The number of hydrogen-bond donors (Lipinski definition) is 1. The SMILES string of the molecule is COc1cc(CNC(=O)CCCCCCCCCCn2c(=O)c3c(ncn3C)n(C)c2=O)cc(OC)c1OC. The maximum absolute atomic E-state index is 12.7. The second-order valence-corrected chi connectivity index (χ2v) is 9.71. The molecular formula is C28H41N5O6. The largest absolute Gasteiger partial charge is 0.493 e. The Balaban J connectivity index is 1.28. The molecule has 0 fully saturated rings. The van der Waals surface area contributed by atoms with Crippen LogP contribution in [0.15, 0.2) is 28.0 Å². The molecule has 0 aliphatic carbocycles. The van der Waals surface area contributed by atoms with E-state index in [1.807, 2.05) is 12.1 Å². The monoisotopic (exact) mass is 543 g/mol. The van der Waals surface area contributed by atoms with Crippen LogP contribution in [0.1, 0.15) is 63.4 Å². The first kappa shape index (κ1) is 29.8. The highest BCUT2D eigenvalue weighted by Crippen LogP contribution is 2.38. The number of unbranched alkanes of at least 4 members (excludes halogenated alkanes) is 7. The van der Waals surface area contributed by atoms with Crippen molar-refractivity contribution in [1.29, 1.82) is 0 Å². The van der Waals surface area contributed by atoms with E-state index in [-0.39, 0.29) is 17.2 Å². The Morgan fingerprint density at radius 2 is 1.46 bits per heavy atom. The molecule has 1 aromatic carbocycles. The van der Waals surface area contributed by atoms with Crippen LogP contribution in [0.5, 0.6) is 17.2 Å². The minimum Gasteiger partial charge on any atom is -0.493 e. The standard InChI is InChI=1S/C28H41N5O6/c1-31-19-30-26-24(31)27(35)33(28(36)32(26)2)15-13-11-9-7-6-8-10-12-14-23(34)29-18-20-16-21(37-3)25(39-5)22(17-20)38-4/h16-17,19H,6-15,18H2,1-5H3,(H,29,34). The Kier molecular flexibility index (Phi) is 11.0. The number of aromatic nitrogens is 4. The average Bonchev–Trinajstić information content (AvgIpc) is 3.34. The van der Waals surface area contributed by atoms with E-state index in [0.717, 1.165) is 56.9 Å². The van der Waals surface area contributed by atoms with Crippen LogP contribution in [0.25, 0.3) is 11.2 Å². The highest BCUT2D eigenvalue weighted by molar-refractivity contribution is 5.75. The van der Waals surface area contributed by atoms with Gasteiger partial charge in [0.2, 0.25) is 11.7 Å². The van der Waals surface area contributed by atoms with Gasteiger partial charge in [0.15, 0.2) is 22.7 Å². The number of nitrogens with zero attached hydrogens (tertiary/aromatic N) is 4. The highest BCUT2D eigenvalue weighted by Gasteiger charge is 2.15. The van der Waals surface area contributed by atoms with Crippen LogP contribution < -0.4 is 30.8 Å². The van der Waals surface area contributed by atoms with E-state index >= 15 is 0 Å². The van der Waals surface area contributed by atoms with Crippen molar-refractivity contribution >= 4 is 17.1 Å². The number of ether oxygens (including phenoxy) is 3. The third-order valence-corrected chi connectivity index (χ3v) is 6.95. The van der Waals surface area contributed by atoms with Crippen LogP contribution in [-0.4, -0.2) is 45.9 Å². The third-order valence-electron chi connectivity index (χ3n) is 6.95. The Hall–Kier alpha value is -3.76. The molecule has 0 unspecified atom stereocenters. The molecule has 214 valence electrons. The fraction of sp³-hybridized carbons (Fsp3) is 0.571. The lowest BCUT2D eigenvalue weighted by molar-refractivity contribution is -0.121. The van der Waals surface area contributed by atoms with Crippen LogP contribution >= 0.6 is 0 Å². The summed E-state index contributed by atoms with van der Waals surface area (Å²) in [5.74, 6) is 1.67. The van der Waals surface area contributed by atoms with Crippen molar-refractivity contribution in [1.82, 2.24) is 24.0 Å². The van der Waals surface area contributed by atoms with E-state index in [1.54, 1.807) is 46.3 Å². The van der Waals surface area contributed by atoms with E-state index in [2.05, 4.69) is 10.3 Å². The average molecular weight is 544 g/mol. The van der Waals surface area contributed by atoms with Gasteiger partial charge in [0.25, 0.3) is 5.56 Å². The second-order valence-electron chi connectivity index (χ2n) is 9.71. The fourth-order valence-electron chi connectivity index (χ4n) is 4.74. The van der Waals surface area contributed by atoms with Crippen molar-refractivity contribution in [2.45, 2.75) is 70.9 Å². The second kappa shape index (κ2) is 14.4. The van der Waals surface area contributed by atoms with Gasteiger partial charge in [0, 0.05) is 33.6 Å². The molecule has 3 aromatic rings. The lowest BCUT2D eigenvalue weighted by Crippen LogP contribution is -2.39. The zero-order valence-corrected chi connectivity index (χ0v) is 23.7. The molecule has 0 atom stereocenters. The van der Waals surface area contributed by atoms with Gasteiger partial charge in [0.05, 0.1) is 27.7 Å². The van der Waals surface area contributed by atoms with Crippen LogP contribution in [0, 0.1) is 0 Å². The maximum Gasteiger partial charge on any atom is 0.332 e. The number of rotatable bonds is 16. The quantitative estimate of drug-likeness (QED) is 0.275. The molecule has 0 saturated carbocycles. The van der Waals surface area contributed by atoms with Crippen molar-refractivity contribution in [3.63, 3.8) is 0 Å². The number of carbonyl (C=O) groups excluding carboxylic acids is 1. The molecule has 11 heteroatoms. The first-order valence-corrected chi connectivity index (χ1v) is 13.5. The summed E-state index contributed by atoms with van der Waals surface area (Å²) in [6, 6.07) is 3.66. The Morgan fingerprint density at radius 1 is 0.872 bits per heavy atom. The van der Waals surface area contributed by atoms with Gasteiger partial charge in [0.1, 0.15) is 0 Å². The van der Waals surface area contributed by atoms with Gasteiger partial charge >= 0.3 is 5.69 Å². The number of benzene rings is 1. The van der Waals surface area contributed by atoms with Crippen molar-refractivity contribution in [2.75, 3.05) is 21.3 Å². The summed E-state index contributed by atoms with van der Waals surface area (Å²) in [7, 11) is 8.09. The number of nitrogens with one attached hydrogen (secondary N) is 1.